The van der Waals surface area contributed by atoms with Gasteiger partial charge in [0.1, 0.15) is 13.2 Å². The molecular weight excluding hydrogens is 396 g/mol. The van der Waals surface area contributed by atoms with E-state index in [1.807, 2.05) is 41.3 Å². The van der Waals surface area contributed by atoms with Crippen LogP contribution in [0.1, 0.15) is 10.4 Å². The largest absolute Gasteiger partial charge is 0.486 e. The molecule has 31 heavy (non-hydrogen) atoms. The fourth-order valence-electron chi connectivity index (χ4n) is 3.70. The standard InChI is InChI=1S/C22H22N6O3/c29-22(17-4-1-5-18-21(17)31-14-13-30-18)28-11-9-27(10-12-28)20-7-6-19(25-26-20)24-16-3-2-8-23-15-16/h1-8,15H,9-14H2,(H,24,25). The topological polar surface area (TPSA) is 92.7 Å². The molecule has 1 fully saturated rings. The predicted octanol–water partition coefficient (Wildman–Crippen LogP) is 2.35. The molecule has 1 saturated heterocycles. The minimum Gasteiger partial charge on any atom is -0.486 e. The summed E-state index contributed by atoms with van der Waals surface area (Å²) in [5, 5.41) is 11.8. The lowest BCUT2D eigenvalue weighted by molar-refractivity contribution is 0.0736. The molecule has 0 atom stereocenters. The van der Waals surface area contributed by atoms with Crippen molar-refractivity contribution in [1.29, 1.82) is 0 Å². The quantitative estimate of drug-likeness (QED) is 0.690. The number of carbonyl (C=O) groups is 1. The Morgan fingerprint density at radius 3 is 2.58 bits per heavy atom. The minimum atomic E-state index is -0.0379. The molecule has 2 aliphatic heterocycles. The number of anilines is 3. The van der Waals surface area contributed by atoms with Crippen LogP contribution in [-0.2, 0) is 0 Å². The number of fused-ring (bicyclic) bond motifs is 1. The number of nitrogens with one attached hydrogen (secondary N) is 1. The van der Waals surface area contributed by atoms with E-state index < -0.39 is 0 Å². The third-order valence-corrected chi connectivity index (χ3v) is 5.27. The van der Waals surface area contributed by atoms with Gasteiger partial charge in [0.05, 0.1) is 17.4 Å². The number of hydrogen-bond acceptors (Lipinski definition) is 8. The summed E-state index contributed by atoms with van der Waals surface area (Å²) in [6.07, 6.45) is 3.45. The monoisotopic (exact) mass is 418 g/mol. The Bertz CT molecular complexity index is 1050. The second-order valence-electron chi connectivity index (χ2n) is 7.25. The van der Waals surface area contributed by atoms with Gasteiger partial charge in [-0.2, -0.15) is 0 Å². The van der Waals surface area contributed by atoms with E-state index in [2.05, 4.69) is 25.4 Å². The number of amides is 1. The fraction of sp³-hybridized carbons (Fsp3) is 0.273. The van der Waals surface area contributed by atoms with E-state index in [9.17, 15) is 4.79 Å². The summed E-state index contributed by atoms with van der Waals surface area (Å²) in [5.41, 5.74) is 1.41. The van der Waals surface area contributed by atoms with E-state index in [-0.39, 0.29) is 5.91 Å². The van der Waals surface area contributed by atoms with E-state index in [4.69, 9.17) is 9.47 Å². The molecule has 0 unspecified atom stereocenters. The molecule has 0 aliphatic carbocycles. The number of nitrogens with zero attached hydrogens (tertiary/aromatic N) is 5. The van der Waals surface area contributed by atoms with E-state index in [1.54, 1.807) is 18.5 Å². The molecule has 1 N–H and O–H groups in total. The van der Waals surface area contributed by atoms with Crippen LogP contribution in [0.5, 0.6) is 11.5 Å². The fourth-order valence-corrected chi connectivity index (χ4v) is 3.70. The van der Waals surface area contributed by atoms with Gasteiger partial charge in [-0.15, -0.1) is 10.2 Å². The molecule has 0 bridgehead atoms. The Labute approximate surface area is 179 Å². The van der Waals surface area contributed by atoms with Crippen molar-refractivity contribution in [2.75, 3.05) is 49.6 Å². The Morgan fingerprint density at radius 1 is 0.935 bits per heavy atom. The second-order valence-corrected chi connectivity index (χ2v) is 7.25. The molecule has 0 saturated carbocycles. The lowest BCUT2D eigenvalue weighted by atomic mass is 10.1. The van der Waals surface area contributed by atoms with Crippen LogP contribution < -0.4 is 19.7 Å². The summed E-state index contributed by atoms with van der Waals surface area (Å²) in [7, 11) is 0. The van der Waals surface area contributed by atoms with Gasteiger partial charge in [0.15, 0.2) is 23.1 Å². The van der Waals surface area contributed by atoms with E-state index in [0.29, 0.717) is 62.3 Å². The van der Waals surface area contributed by atoms with Crippen molar-refractivity contribution < 1.29 is 14.3 Å². The SMILES string of the molecule is O=C(c1cccc2c1OCCO2)N1CCN(c2ccc(Nc3cccnc3)nn2)CC1. The highest BCUT2D eigenvalue weighted by atomic mass is 16.6. The Hall–Kier alpha value is -3.88. The number of pyridine rings is 1. The first kappa shape index (κ1) is 19.1. The number of para-hydroxylation sites is 1. The summed E-state index contributed by atoms with van der Waals surface area (Å²) in [6.45, 7) is 3.52. The van der Waals surface area contributed by atoms with Crippen LogP contribution in [0.2, 0.25) is 0 Å². The van der Waals surface area contributed by atoms with E-state index in [0.717, 1.165) is 11.5 Å². The number of benzene rings is 1. The molecule has 1 aromatic carbocycles. The van der Waals surface area contributed by atoms with Gasteiger partial charge in [-0.25, -0.2) is 0 Å². The molecule has 9 nitrogen and oxygen atoms in total. The Kier molecular flexibility index (Phi) is 5.22. The number of aromatic nitrogens is 3. The molecule has 1 amide bonds. The number of rotatable bonds is 4. The van der Waals surface area contributed by atoms with E-state index >= 15 is 0 Å². The van der Waals surface area contributed by atoms with Crippen molar-refractivity contribution in [3.8, 4) is 11.5 Å². The van der Waals surface area contributed by atoms with Gasteiger partial charge in [0.2, 0.25) is 0 Å². The normalized spacial score (nSPS) is 15.5. The summed E-state index contributed by atoms with van der Waals surface area (Å²) >= 11 is 0. The first-order chi connectivity index (χ1) is 15.3. The van der Waals surface area contributed by atoms with Crippen molar-refractivity contribution in [2.24, 2.45) is 0 Å². The molecule has 2 aromatic heterocycles. The van der Waals surface area contributed by atoms with Crippen molar-refractivity contribution in [2.45, 2.75) is 0 Å². The lowest BCUT2D eigenvalue weighted by Crippen LogP contribution is -2.49. The van der Waals surface area contributed by atoms with Gasteiger partial charge in [0.25, 0.3) is 5.91 Å². The van der Waals surface area contributed by atoms with Crippen LogP contribution in [0.4, 0.5) is 17.3 Å². The zero-order valence-electron chi connectivity index (χ0n) is 16.9. The number of piperazine rings is 1. The minimum absolute atomic E-state index is 0.0379. The van der Waals surface area contributed by atoms with Crippen LogP contribution in [0.15, 0.2) is 54.9 Å². The van der Waals surface area contributed by atoms with Crippen molar-refractivity contribution in [3.05, 3.63) is 60.4 Å². The number of hydrogen-bond donors (Lipinski definition) is 1. The maximum atomic E-state index is 13.1. The molecule has 3 aromatic rings. The van der Waals surface area contributed by atoms with Crippen LogP contribution in [0, 0.1) is 0 Å². The van der Waals surface area contributed by atoms with Gasteiger partial charge >= 0.3 is 0 Å². The Balaban J connectivity index is 1.21. The third-order valence-electron chi connectivity index (χ3n) is 5.27. The summed E-state index contributed by atoms with van der Waals surface area (Å²) in [5.74, 6) is 2.58. The summed E-state index contributed by atoms with van der Waals surface area (Å²) in [6, 6.07) is 13.0. The molecule has 9 heteroatoms. The smallest absolute Gasteiger partial charge is 0.257 e. The molecular formula is C22H22N6O3. The molecule has 2 aliphatic rings. The molecule has 5 rings (SSSR count). The Morgan fingerprint density at radius 2 is 1.81 bits per heavy atom. The van der Waals surface area contributed by atoms with Crippen molar-refractivity contribution in [1.82, 2.24) is 20.1 Å². The van der Waals surface area contributed by atoms with E-state index in [1.165, 1.54) is 0 Å². The lowest BCUT2D eigenvalue weighted by Gasteiger charge is -2.35. The van der Waals surface area contributed by atoms with Gasteiger partial charge in [-0.05, 0) is 36.4 Å². The zero-order valence-corrected chi connectivity index (χ0v) is 16.9. The van der Waals surface area contributed by atoms with Crippen LogP contribution in [0.3, 0.4) is 0 Å². The highest BCUT2D eigenvalue weighted by Gasteiger charge is 2.27. The highest BCUT2D eigenvalue weighted by Crippen LogP contribution is 2.34. The maximum Gasteiger partial charge on any atom is 0.257 e. The van der Waals surface area contributed by atoms with Gasteiger partial charge in [0, 0.05) is 32.4 Å². The first-order valence-electron chi connectivity index (χ1n) is 10.2. The van der Waals surface area contributed by atoms with Crippen LogP contribution in [0.25, 0.3) is 0 Å². The molecule has 158 valence electrons. The zero-order chi connectivity index (χ0) is 21.0. The molecule has 4 heterocycles. The van der Waals surface area contributed by atoms with Crippen molar-refractivity contribution in [3.63, 3.8) is 0 Å². The maximum absolute atomic E-state index is 13.1. The summed E-state index contributed by atoms with van der Waals surface area (Å²) in [4.78, 5) is 21.1. The third kappa shape index (κ3) is 4.07. The second kappa shape index (κ2) is 8.47. The van der Waals surface area contributed by atoms with Crippen LogP contribution >= 0.6 is 0 Å². The molecule has 0 radical (unpaired) electrons. The van der Waals surface area contributed by atoms with Gasteiger partial charge < -0.3 is 24.6 Å². The first-order valence-corrected chi connectivity index (χ1v) is 10.2. The van der Waals surface area contributed by atoms with Gasteiger partial charge in [-0.1, -0.05) is 6.07 Å². The average molecular weight is 418 g/mol. The van der Waals surface area contributed by atoms with Gasteiger partial charge in [-0.3, -0.25) is 9.78 Å². The predicted molar refractivity (Wildman–Crippen MR) is 115 cm³/mol. The van der Waals surface area contributed by atoms with Crippen LogP contribution in [-0.4, -0.2) is 65.4 Å². The highest BCUT2D eigenvalue weighted by molar-refractivity contribution is 5.98. The average Bonchev–Trinajstić information content (AvgIpc) is 2.84. The number of ether oxygens (including phenoxy) is 2. The molecule has 0 spiro atoms. The number of carbonyl (C=O) groups excluding carboxylic acids is 1. The summed E-state index contributed by atoms with van der Waals surface area (Å²) < 4.78 is 11.3. The van der Waals surface area contributed by atoms with Crippen molar-refractivity contribution >= 4 is 23.2 Å².